The van der Waals surface area contributed by atoms with E-state index in [2.05, 4.69) is 87.6 Å². The molecule has 1 amide bonds. The van der Waals surface area contributed by atoms with Crippen LogP contribution in [0.2, 0.25) is 0 Å². The van der Waals surface area contributed by atoms with Crippen molar-refractivity contribution in [1.29, 1.82) is 5.41 Å². The second-order valence-electron chi connectivity index (χ2n) is 9.53. The molecule has 0 radical (unpaired) electrons. The molecule has 1 N–H and O–H groups in total. The molecule has 0 aliphatic carbocycles. The molecule has 0 atom stereocenters. The molecular weight excluding hydrogens is 535 g/mol. The predicted octanol–water partition coefficient (Wildman–Crippen LogP) is 7.35. The minimum atomic E-state index is -0.417. The molecular formula is C32H23N5OS2. The van der Waals surface area contributed by atoms with Gasteiger partial charge in [-0.2, -0.15) is 10.0 Å². The van der Waals surface area contributed by atoms with Crippen LogP contribution in [0.4, 0.5) is 0 Å². The fraction of sp³-hybridized carbons (Fsp3) is 0.0625. The molecule has 0 fully saturated rings. The van der Waals surface area contributed by atoms with Crippen LogP contribution in [0.5, 0.6) is 0 Å². The van der Waals surface area contributed by atoms with Crippen molar-refractivity contribution in [3.05, 3.63) is 126 Å². The molecule has 0 spiro atoms. The van der Waals surface area contributed by atoms with E-state index in [1.165, 1.54) is 38.7 Å². The summed E-state index contributed by atoms with van der Waals surface area (Å²) in [5.41, 5.74) is 4.58. The Balaban J connectivity index is 1.20. The van der Waals surface area contributed by atoms with E-state index in [9.17, 15) is 4.79 Å². The number of fused-ring (bicyclic) bond motifs is 3. The van der Waals surface area contributed by atoms with Gasteiger partial charge in [0.1, 0.15) is 0 Å². The lowest BCUT2D eigenvalue weighted by Gasteiger charge is -2.20. The summed E-state index contributed by atoms with van der Waals surface area (Å²) in [6, 6.07) is 33.1. The van der Waals surface area contributed by atoms with E-state index in [1.807, 2.05) is 30.3 Å². The summed E-state index contributed by atoms with van der Waals surface area (Å²) in [5, 5.41) is 18.8. The lowest BCUT2D eigenvalue weighted by molar-refractivity contribution is -0.114. The highest BCUT2D eigenvalue weighted by atomic mass is 32.2. The summed E-state index contributed by atoms with van der Waals surface area (Å²) in [7, 11) is 0. The zero-order valence-corrected chi connectivity index (χ0v) is 23.0. The Bertz CT molecular complexity index is 1900. The van der Waals surface area contributed by atoms with Crippen molar-refractivity contribution >= 4 is 72.6 Å². The van der Waals surface area contributed by atoms with Crippen molar-refractivity contribution in [2.75, 3.05) is 0 Å². The Kier molecular flexibility index (Phi) is 6.34. The maximum Gasteiger partial charge on any atom is 0.283 e. The third-order valence-corrected chi connectivity index (χ3v) is 9.09. The van der Waals surface area contributed by atoms with Crippen LogP contribution in [0.15, 0.2) is 119 Å². The van der Waals surface area contributed by atoms with Crippen molar-refractivity contribution in [3.8, 4) is 0 Å². The number of benzene rings is 4. The first-order valence-electron chi connectivity index (χ1n) is 12.9. The Hall–Kier alpha value is -4.40. The molecule has 0 bridgehead atoms. The van der Waals surface area contributed by atoms with Gasteiger partial charge in [0.05, 0.1) is 5.57 Å². The topological polar surface area (TPSA) is 73.8 Å². The largest absolute Gasteiger partial charge is 0.342 e. The molecule has 0 saturated heterocycles. The molecule has 6 nitrogen and oxygen atoms in total. The van der Waals surface area contributed by atoms with Crippen LogP contribution in [-0.4, -0.2) is 30.9 Å². The number of nitrogens with zero attached hydrogens (tertiary/aromatic N) is 4. The van der Waals surface area contributed by atoms with Gasteiger partial charge in [0, 0.05) is 35.0 Å². The van der Waals surface area contributed by atoms with Crippen LogP contribution in [0.1, 0.15) is 16.7 Å². The summed E-state index contributed by atoms with van der Waals surface area (Å²) in [4.78, 5) is 17.4. The van der Waals surface area contributed by atoms with E-state index in [1.54, 1.807) is 17.8 Å². The Labute approximate surface area is 239 Å². The standard InChI is InChI=1S/C32H23N5OS2/c33-29-27(30(38)34-31-37(29)35-32(40-31)39-20-21-9-2-1-3-10-21)17-24-19-36(28-16-7-6-15-26(24)28)18-23-13-8-12-22-11-4-5-14-25(22)23/h1-17,19,33H,18,20H2. The molecule has 3 heterocycles. The molecule has 8 heteroatoms. The van der Waals surface area contributed by atoms with Gasteiger partial charge in [-0.05, 0) is 45.8 Å². The van der Waals surface area contributed by atoms with Gasteiger partial charge in [-0.1, -0.05) is 103 Å². The lowest BCUT2D eigenvalue weighted by Crippen LogP contribution is -2.35. The number of aromatic nitrogens is 1. The Morgan fingerprint density at radius 2 is 1.62 bits per heavy atom. The quantitative estimate of drug-likeness (QED) is 0.229. The van der Waals surface area contributed by atoms with Crippen LogP contribution < -0.4 is 0 Å². The number of amides is 1. The third kappa shape index (κ3) is 4.55. The van der Waals surface area contributed by atoms with Crippen molar-refractivity contribution in [2.45, 2.75) is 12.3 Å². The maximum atomic E-state index is 13.1. The number of hydrogen-bond donors (Lipinski definition) is 1. The molecule has 194 valence electrons. The molecule has 2 aliphatic rings. The van der Waals surface area contributed by atoms with Gasteiger partial charge in [0.15, 0.2) is 10.2 Å². The van der Waals surface area contributed by atoms with Crippen molar-refractivity contribution in [3.63, 3.8) is 0 Å². The van der Waals surface area contributed by atoms with E-state index in [4.69, 9.17) is 5.41 Å². The van der Waals surface area contributed by atoms with Gasteiger partial charge in [0.2, 0.25) is 5.17 Å². The minimum absolute atomic E-state index is 0.0451. The fourth-order valence-corrected chi connectivity index (χ4v) is 6.93. The van der Waals surface area contributed by atoms with Gasteiger partial charge in [0.25, 0.3) is 5.91 Å². The van der Waals surface area contributed by atoms with E-state index < -0.39 is 5.91 Å². The number of thioether (sulfide) groups is 2. The zero-order chi connectivity index (χ0) is 27.1. The second kappa shape index (κ2) is 10.3. The van der Waals surface area contributed by atoms with Crippen molar-refractivity contribution < 1.29 is 4.79 Å². The molecule has 0 saturated carbocycles. The summed E-state index contributed by atoms with van der Waals surface area (Å²) >= 11 is 2.91. The predicted molar refractivity (Wildman–Crippen MR) is 168 cm³/mol. The van der Waals surface area contributed by atoms with Crippen molar-refractivity contribution in [2.24, 2.45) is 10.1 Å². The van der Waals surface area contributed by atoms with E-state index in [-0.39, 0.29) is 11.4 Å². The highest BCUT2D eigenvalue weighted by Gasteiger charge is 2.36. The maximum absolute atomic E-state index is 13.1. The van der Waals surface area contributed by atoms with E-state index >= 15 is 0 Å². The lowest BCUT2D eigenvalue weighted by atomic mass is 10.0. The number of para-hydroxylation sites is 1. The van der Waals surface area contributed by atoms with Gasteiger partial charge in [-0.3, -0.25) is 10.2 Å². The average molecular weight is 558 g/mol. The first-order valence-corrected chi connectivity index (χ1v) is 14.7. The normalized spacial score (nSPS) is 16.1. The first-order chi connectivity index (χ1) is 19.6. The van der Waals surface area contributed by atoms with Crippen LogP contribution in [0.25, 0.3) is 27.8 Å². The molecule has 4 aromatic carbocycles. The summed E-state index contributed by atoms with van der Waals surface area (Å²) in [5.74, 6) is 0.386. The Morgan fingerprint density at radius 3 is 2.50 bits per heavy atom. The monoisotopic (exact) mass is 557 g/mol. The number of hydrazone groups is 1. The number of rotatable bonds is 5. The summed E-state index contributed by atoms with van der Waals surface area (Å²) < 4.78 is 2.98. The molecule has 5 aromatic rings. The number of amidine groups is 2. The van der Waals surface area contributed by atoms with Crippen LogP contribution >= 0.6 is 23.5 Å². The second-order valence-corrected chi connectivity index (χ2v) is 11.7. The number of carbonyl (C=O) groups is 1. The zero-order valence-electron chi connectivity index (χ0n) is 21.3. The SMILES string of the molecule is N=C1C(=Cc2cn(Cc3cccc4ccccc34)c3ccccc23)C(=O)N=C2SC(SCc3ccccc3)=NN12. The molecule has 2 aliphatic heterocycles. The fourth-order valence-electron chi connectivity index (χ4n) is 5.04. The minimum Gasteiger partial charge on any atom is -0.342 e. The first kappa shape index (κ1) is 24.6. The van der Waals surface area contributed by atoms with Gasteiger partial charge in [-0.25, -0.2) is 0 Å². The number of nitrogens with one attached hydrogen (secondary N) is 1. The molecule has 40 heavy (non-hydrogen) atoms. The number of aliphatic imine (C=N–C) groups is 1. The number of hydrogen-bond acceptors (Lipinski definition) is 5. The van der Waals surface area contributed by atoms with Gasteiger partial charge in [-0.15, -0.1) is 5.10 Å². The van der Waals surface area contributed by atoms with Crippen LogP contribution in [-0.2, 0) is 17.1 Å². The summed E-state index contributed by atoms with van der Waals surface area (Å²) in [6.45, 7) is 0.688. The highest BCUT2D eigenvalue weighted by molar-refractivity contribution is 8.45. The summed E-state index contributed by atoms with van der Waals surface area (Å²) in [6.07, 6.45) is 3.84. The van der Waals surface area contributed by atoms with E-state index in [0.717, 1.165) is 26.6 Å². The molecule has 1 aromatic heterocycles. The van der Waals surface area contributed by atoms with Crippen molar-refractivity contribution in [1.82, 2.24) is 9.58 Å². The third-order valence-electron chi connectivity index (χ3n) is 6.98. The van der Waals surface area contributed by atoms with Crippen LogP contribution in [0, 0.1) is 5.41 Å². The molecule has 7 rings (SSSR count). The van der Waals surface area contributed by atoms with Gasteiger partial charge >= 0.3 is 0 Å². The Morgan fingerprint density at radius 1 is 0.875 bits per heavy atom. The van der Waals surface area contributed by atoms with E-state index in [0.29, 0.717) is 11.7 Å². The average Bonchev–Trinajstić information content (AvgIpc) is 3.56. The molecule has 0 unspecified atom stereocenters. The van der Waals surface area contributed by atoms with Gasteiger partial charge < -0.3 is 4.57 Å². The van der Waals surface area contributed by atoms with Crippen LogP contribution in [0.3, 0.4) is 0 Å². The highest BCUT2D eigenvalue weighted by Crippen LogP contribution is 2.34. The smallest absolute Gasteiger partial charge is 0.283 e. The number of carbonyl (C=O) groups excluding carboxylic acids is 1.